The molecule has 0 aromatic heterocycles. The Morgan fingerprint density at radius 2 is 1.89 bits per heavy atom. The average molecular weight is 377 g/mol. The fourth-order valence-electron chi connectivity index (χ4n) is 4.21. The van der Waals surface area contributed by atoms with Gasteiger partial charge in [0.05, 0.1) is 11.5 Å². The second-order valence-corrected chi connectivity index (χ2v) is 8.01. The Bertz CT molecular complexity index is 854. The minimum atomic E-state index is -0.483. The van der Waals surface area contributed by atoms with Crippen molar-refractivity contribution in [3.63, 3.8) is 0 Å². The largest absolute Gasteiger partial charge is 0.398 e. The molecule has 1 aliphatic carbocycles. The minimum absolute atomic E-state index is 0.0136. The summed E-state index contributed by atoms with van der Waals surface area (Å²) in [5.74, 6) is 0.0845. The molecule has 2 aromatic rings. The third kappa shape index (κ3) is 3.67. The first-order valence-electron chi connectivity index (χ1n) is 10.1. The third-order valence-electron chi connectivity index (χ3n) is 6.13. The van der Waals surface area contributed by atoms with Crippen molar-refractivity contribution >= 4 is 17.8 Å². The summed E-state index contributed by atoms with van der Waals surface area (Å²) in [4.78, 5) is 15.8. The molecule has 4 N–H and O–H groups in total. The van der Waals surface area contributed by atoms with E-state index < -0.39 is 5.41 Å². The van der Waals surface area contributed by atoms with Crippen LogP contribution in [0.1, 0.15) is 48.4 Å². The van der Waals surface area contributed by atoms with Gasteiger partial charge in [0, 0.05) is 24.0 Å². The van der Waals surface area contributed by atoms with Gasteiger partial charge in [-0.3, -0.25) is 4.79 Å². The molecule has 1 saturated carbocycles. The van der Waals surface area contributed by atoms with Crippen molar-refractivity contribution in [2.24, 2.45) is 0 Å². The van der Waals surface area contributed by atoms with Crippen LogP contribution in [-0.2, 0) is 10.2 Å². The highest BCUT2D eigenvalue weighted by molar-refractivity contribution is 5.93. The maximum Gasteiger partial charge on any atom is 0.231 e. The van der Waals surface area contributed by atoms with E-state index in [-0.39, 0.29) is 11.9 Å². The van der Waals surface area contributed by atoms with Crippen LogP contribution in [0.4, 0.5) is 5.69 Å². The Hall–Kier alpha value is -2.66. The van der Waals surface area contributed by atoms with Gasteiger partial charge in [-0.25, -0.2) is 0 Å². The minimum Gasteiger partial charge on any atom is -0.398 e. The van der Waals surface area contributed by atoms with Crippen molar-refractivity contribution in [3.05, 3.63) is 65.2 Å². The molecule has 5 heteroatoms. The van der Waals surface area contributed by atoms with Gasteiger partial charge in [0.1, 0.15) is 0 Å². The second-order valence-electron chi connectivity index (χ2n) is 8.01. The average Bonchev–Trinajstić information content (AvgIpc) is 3.38. The zero-order valence-electron chi connectivity index (χ0n) is 16.2. The normalized spacial score (nSPS) is 19.1. The lowest BCUT2D eigenvalue weighted by atomic mass is 9.92. The number of nitrogens with zero attached hydrogens (tertiary/aromatic N) is 1. The summed E-state index contributed by atoms with van der Waals surface area (Å²) in [7, 11) is 0. The Kier molecular flexibility index (Phi) is 5.18. The summed E-state index contributed by atoms with van der Waals surface area (Å²) in [5, 5.41) is 10.9. The number of benzene rings is 2. The predicted molar refractivity (Wildman–Crippen MR) is 113 cm³/mol. The molecule has 0 unspecified atom stereocenters. The summed E-state index contributed by atoms with van der Waals surface area (Å²) in [5.41, 5.74) is 8.81. The number of nitrogens with two attached hydrogens (primary N) is 1. The number of nitrogens with one attached hydrogen (secondary N) is 2. The van der Waals surface area contributed by atoms with Gasteiger partial charge in [-0.1, -0.05) is 36.4 Å². The SMILES string of the molecule is N=Cc1cc(C2(C(=O)N[C@H](CN3CCCC3)c3ccccc3)CC2)ccc1N. The van der Waals surface area contributed by atoms with Gasteiger partial charge in [0.2, 0.25) is 5.91 Å². The quantitative estimate of drug-likeness (QED) is 0.512. The Labute approximate surface area is 166 Å². The molecule has 4 rings (SSSR count). The summed E-state index contributed by atoms with van der Waals surface area (Å²) in [6.07, 6.45) is 5.40. The molecule has 1 saturated heterocycles. The molecule has 1 atom stereocenters. The lowest BCUT2D eigenvalue weighted by Crippen LogP contribution is -2.42. The van der Waals surface area contributed by atoms with E-state index in [9.17, 15) is 4.79 Å². The number of rotatable bonds is 7. The van der Waals surface area contributed by atoms with Gasteiger partial charge in [-0.05, 0) is 62.0 Å². The van der Waals surface area contributed by atoms with Crippen molar-refractivity contribution in [3.8, 4) is 0 Å². The van der Waals surface area contributed by atoms with E-state index in [1.54, 1.807) is 0 Å². The molecule has 28 heavy (non-hydrogen) atoms. The highest BCUT2D eigenvalue weighted by Crippen LogP contribution is 2.49. The van der Waals surface area contributed by atoms with E-state index in [1.807, 2.05) is 36.4 Å². The zero-order chi connectivity index (χ0) is 19.6. The predicted octanol–water partition coefficient (Wildman–Crippen LogP) is 3.25. The van der Waals surface area contributed by atoms with Crippen LogP contribution in [0.15, 0.2) is 48.5 Å². The molecule has 2 fully saturated rings. The molecule has 1 amide bonds. The second kappa shape index (κ2) is 7.76. The van der Waals surface area contributed by atoms with Gasteiger partial charge in [-0.2, -0.15) is 0 Å². The van der Waals surface area contributed by atoms with Crippen LogP contribution in [0, 0.1) is 5.41 Å². The summed E-state index contributed by atoms with van der Waals surface area (Å²) >= 11 is 0. The smallest absolute Gasteiger partial charge is 0.231 e. The Morgan fingerprint density at radius 1 is 1.18 bits per heavy atom. The van der Waals surface area contributed by atoms with Gasteiger partial charge in [-0.15, -0.1) is 0 Å². The highest BCUT2D eigenvalue weighted by atomic mass is 16.2. The lowest BCUT2D eigenvalue weighted by Gasteiger charge is -2.27. The van der Waals surface area contributed by atoms with Crippen molar-refractivity contribution in [2.45, 2.75) is 37.1 Å². The molecule has 5 nitrogen and oxygen atoms in total. The van der Waals surface area contributed by atoms with E-state index in [0.29, 0.717) is 11.3 Å². The monoisotopic (exact) mass is 376 g/mol. The summed E-state index contributed by atoms with van der Waals surface area (Å²) in [6, 6.07) is 15.9. The van der Waals surface area contributed by atoms with Crippen LogP contribution in [0.5, 0.6) is 0 Å². The number of likely N-dealkylation sites (tertiary alicyclic amines) is 1. The van der Waals surface area contributed by atoms with Gasteiger partial charge < -0.3 is 21.4 Å². The number of hydrogen-bond acceptors (Lipinski definition) is 4. The molecule has 1 heterocycles. The van der Waals surface area contributed by atoms with E-state index in [0.717, 1.165) is 43.6 Å². The fourth-order valence-corrected chi connectivity index (χ4v) is 4.21. The highest BCUT2D eigenvalue weighted by Gasteiger charge is 2.51. The zero-order valence-corrected chi connectivity index (χ0v) is 16.2. The number of hydrogen-bond donors (Lipinski definition) is 3. The van der Waals surface area contributed by atoms with Crippen LogP contribution in [0.2, 0.25) is 0 Å². The van der Waals surface area contributed by atoms with Crippen molar-refractivity contribution in [1.82, 2.24) is 10.2 Å². The maximum atomic E-state index is 13.4. The molecular weight excluding hydrogens is 348 g/mol. The van der Waals surface area contributed by atoms with Crippen LogP contribution >= 0.6 is 0 Å². The Balaban J connectivity index is 1.56. The van der Waals surface area contributed by atoms with E-state index in [4.69, 9.17) is 11.1 Å². The van der Waals surface area contributed by atoms with Crippen LogP contribution < -0.4 is 11.1 Å². The molecule has 1 aliphatic heterocycles. The first-order chi connectivity index (χ1) is 13.6. The fraction of sp³-hybridized carbons (Fsp3) is 0.391. The standard InChI is InChI=1S/C23H28N4O/c24-15-18-14-19(8-9-20(18)25)23(10-11-23)22(28)26-21(16-27-12-4-5-13-27)17-6-2-1-3-7-17/h1-3,6-9,14-15,21,24H,4-5,10-13,16,25H2,(H,26,28)/t21-/m1/s1. The van der Waals surface area contributed by atoms with E-state index in [2.05, 4.69) is 22.3 Å². The number of carbonyl (C=O) groups is 1. The molecule has 2 aliphatic rings. The molecule has 146 valence electrons. The summed E-state index contributed by atoms with van der Waals surface area (Å²) < 4.78 is 0. The number of anilines is 1. The number of carbonyl (C=O) groups excluding carboxylic acids is 1. The molecule has 2 aromatic carbocycles. The maximum absolute atomic E-state index is 13.4. The van der Waals surface area contributed by atoms with Crippen molar-refractivity contribution in [2.75, 3.05) is 25.4 Å². The molecule has 0 radical (unpaired) electrons. The lowest BCUT2D eigenvalue weighted by molar-refractivity contribution is -0.124. The topological polar surface area (TPSA) is 82.2 Å². The number of nitrogen functional groups attached to an aromatic ring is 1. The van der Waals surface area contributed by atoms with Gasteiger partial charge in [0.25, 0.3) is 0 Å². The summed E-state index contributed by atoms with van der Waals surface area (Å²) in [6.45, 7) is 3.05. The first-order valence-corrected chi connectivity index (χ1v) is 10.1. The first kappa shape index (κ1) is 18.7. The van der Waals surface area contributed by atoms with Crippen molar-refractivity contribution < 1.29 is 4.79 Å². The van der Waals surface area contributed by atoms with E-state index in [1.165, 1.54) is 19.1 Å². The van der Waals surface area contributed by atoms with Gasteiger partial charge in [0.15, 0.2) is 0 Å². The van der Waals surface area contributed by atoms with Crippen molar-refractivity contribution in [1.29, 1.82) is 5.41 Å². The van der Waals surface area contributed by atoms with Gasteiger partial charge >= 0.3 is 0 Å². The molecule has 0 bridgehead atoms. The van der Waals surface area contributed by atoms with Crippen LogP contribution in [-0.4, -0.2) is 36.7 Å². The van der Waals surface area contributed by atoms with E-state index >= 15 is 0 Å². The molecular formula is C23H28N4O. The third-order valence-corrected chi connectivity index (χ3v) is 6.13. The Morgan fingerprint density at radius 3 is 2.54 bits per heavy atom. The van der Waals surface area contributed by atoms with Crippen LogP contribution in [0.3, 0.4) is 0 Å². The number of amides is 1. The van der Waals surface area contributed by atoms with Crippen LogP contribution in [0.25, 0.3) is 0 Å². The molecule has 0 spiro atoms.